The number of carbonyl (C=O) groups excluding carboxylic acids is 1. The molecule has 1 aliphatic rings. The first-order valence-electron chi connectivity index (χ1n) is 5.99. The van der Waals surface area contributed by atoms with Crippen LogP contribution in [0.1, 0.15) is 19.8 Å². The van der Waals surface area contributed by atoms with Gasteiger partial charge in [0.2, 0.25) is 0 Å². The summed E-state index contributed by atoms with van der Waals surface area (Å²) in [7, 11) is 0. The fraction of sp³-hybridized carbons (Fsp3) is 0.429. The molecule has 0 saturated heterocycles. The standard InChI is InChI=1S/C14H16O3S/c1-14(13(16)17)10(7-8-12(14)15)9-18-11-5-3-2-4-6-11/h2-6,10H,7-9H2,1H3,(H,16,17). The minimum absolute atomic E-state index is 0.0762. The molecule has 18 heavy (non-hydrogen) atoms. The van der Waals surface area contributed by atoms with E-state index in [0.29, 0.717) is 18.6 Å². The number of benzene rings is 1. The SMILES string of the molecule is CC1(C(=O)O)C(=O)CCC1CSc1ccccc1. The summed E-state index contributed by atoms with van der Waals surface area (Å²) >= 11 is 1.62. The predicted octanol–water partition coefficient (Wildman–Crippen LogP) is 2.85. The van der Waals surface area contributed by atoms with Crippen molar-refractivity contribution in [3.63, 3.8) is 0 Å². The van der Waals surface area contributed by atoms with Crippen molar-refractivity contribution in [2.45, 2.75) is 24.7 Å². The van der Waals surface area contributed by atoms with Crippen LogP contribution in [0.25, 0.3) is 0 Å². The Morgan fingerprint density at radius 2 is 2.11 bits per heavy atom. The lowest BCUT2D eigenvalue weighted by Gasteiger charge is -2.24. The maximum Gasteiger partial charge on any atom is 0.317 e. The zero-order valence-electron chi connectivity index (χ0n) is 10.3. The van der Waals surface area contributed by atoms with E-state index >= 15 is 0 Å². The zero-order chi connectivity index (χ0) is 13.2. The molecule has 3 nitrogen and oxygen atoms in total. The Kier molecular flexibility index (Phi) is 3.76. The molecule has 1 N–H and O–H groups in total. The summed E-state index contributed by atoms with van der Waals surface area (Å²) in [6, 6.07) is 9.86. The van der Waals surface area contributed by atoms with Crippen LogP contribution < -0.4 is 0 Å². The van der Waals surface area contributed by atoms with E-state index in [-0.39, 0.29) is 11.7 Å². The first-order chi connectivity index (χ1) is 8.55. The van der Waals surface area contributed by atoms with Crippen LogP contribution >= 0.6 is 11.8 Å². The summed E-state index contributed by atoms with van der Waals surface area (Å²) in [6.07, 6.45) is 1.07. The van der Waals surface area contributed by atoms with Crippen LogP contribution in [-0.4, -0.2) is 22.6 Å². The van der Waals surface area contributed by atoms with Gasteiger partial charge in [-0.05, 0) is 31.4 Å². The fourth-order valence-corrected chi connectivity index (χ4v) is 3.58. The molecule has 0 amide bonds. The number of carbonyl (C=O) groups is 2. The van der Waals surface area contributed by atoms with E-state index in [1.807, 2.05) is 30.3 Å². The number of carboxylic acid groups (broad SMARTS) is 1. The smallest absolute Gasteiger partial charge is 0.317 e. The highest BCUT2D eigenvalue weighted by Crippen LogP contribution is 2.43. The Morgan fingerprint density at radius 1 is 1.44 bits per heavy atom. The quantitative estimate of drug-likeness (QED) is 0.671. The highest BCUT2D eigenvalue weighted by Gasteiger charge is 2.51. The summed E-state index contributed by atoms with van der Waals surface area (Å²) in [5.41, 5.74) is -1.19. The number of Topliss-reactive ketones (excluding diaryl/α,β-unsaturated/α-hetero) is 1. The van der Waals surface area contributed by atoms with Crippen molar-refractivity contribution < 1.29 is 14.7 Å². The number of hydrogen-bond donors (Lipinski definition) is 1. The molecule has 0 heterocycles. The van der Waals surface area contributed by atoms with Crippen molar-refractivity contribution in [1.29, 1.82) is 0 Å². The van der Waals surface area contributed by atoms with Crippen LogP contribution in [0.15, 0.2) is 35.2 Å². The monoisotopic (exact) mass is 264 g/mol. The molecule has 96 valence electrons. The van der Waals surface area contributed by atoms with Crippen LogP contribution in [-0.2, 0) is 9.59 Å². The number of thioether (sulfide) groups is 1. The average molecular weight is 264 g/mol. The molecule has 0 bridgehead atoms. The van der Waals surface area contributed by atoms with Gasteiger partial charge in [-0.1, -0.05) is 18.2 Å². The highest BCUT2D eigenvalue weighted by molar-refractivity contribution is 7.99. The molecule has 1 fully saturated rings. The van der Waals surface area contributed by atoms with Gasteiger partial charge in [0.1, 0.15) is 11.2 Å². The van der Waals surface area contributed by atoms with Gasteiger partial charge in [-0.15, -0.1) is 11.8 Å². The summed E-state index contributed by atoms with van der Waals surface area (Å²) in [5.74, 6) is -0.511. The van der Waals surface area contributed by atoms with Gasteiger partial charge in [0.05, 0.1) is 0 Å². The minimum atomic E-state index is -1.19. The van der Waals surface area contributed by atoms with Crippen LogP contribution in [0.4, 0.5) is 0 Å². The minimum Gasteiger partial charge on any atom is -0.480 e. The Balaban J connectivity index is 2.06. The summed E-state index contributed by atoms with van der Waals surface area (Å²) in [4.78, 5) is 24.2. The first-order valence-corrected chi connectivity index (χ1v) is 6.98. The number of aliphatic carboxylic acids is 1. The van der Waals surface area contributed by atoms with Crippen LogP contribution in [0.3, 0.4) is 0 Å². The molecule has 0 aliphatic heterocycles. The lowest BCUT2D eigenvalue weighted by molar-refractivity contribution is -0.154. The molecular weight excluding hydrogens is 248 g/mol. The van der Waals surface area contributed by atoms with Gasteiger partial charge in [-0.2, -0.15) is 0 Å². The molecule has 1 saturated carbocycles. The molecule has 2 unspecified atom stereocenters. The van der Waals surface area contributed by atoms with Crippen molar-refractivity contribution in [3.8, 4) is 0 Å². The molecular formula is C14H16O3S. The normalized spacial score (nSPS) is 27.4. The van der Waals surface area contributed by atoms with Gasteiger partial charge in [0, 0.05) is 17.1 Å². The van der Waals surface area contributed by atoms with E-state index in [2.05, 4.69) is 0 Å². The first kappa shape index (κ1) is 13.1. The Bertz CT molecular complexity index is 457. The van der Waals surface area contributed by atoms with Gasteiger partial charge in [0.25, 0.3) is 0 Å². The molecule has 0 spiro atoms. The third-order valence-electron chi connectivity index (χ3n) is 3.75. The van der Waals surface area contributed by atoms with E-state index in [4.69, 9.17) is 0 Å². The van der Waals surface area contributed by atoms with E-state index in [1.165, 1.54) is 0 Å². The molecule has 2 rings (SSSR count). The molecule has 0 radical (unpaired) electrons. The van der Waals surface area contributed by atoms with Gasteiger partial charge < -0.3 is 5.11 Å². The van der Waals surface area contributed by atoms with E-state index < -0.39 is 11.4 Å². The number of hydrogen-bond acceptors (Lipinski definition) is 3. The van der Waals surface area contributed by atoms with E-state index in [0.717, 1.165) is 4.90 Å². The molecule has 0 aromatic heterocycles. The van der Waals surface area contributed by atoms with Gasteiger partial charge in [-0.25, -0.2) is 0 Å². The fourth-order valence-electron chi connectivity index (χ4n) is 2.34. The summed E-state index contributed by atoms with van der Waals surface area (Å²) < 4.78 is 0. The van der Waals surface area contributed by atoms with Gasteiger partial charge in [0.15, 0.2) is 0 Å². The largest absolute Gasteiger partial charge is 0.480 e. The Labute approximate surface area is 111 Å². The predicted molar refractivity (Wildman–Crippen MR) is 70.6 cm³/mol. The topological polar surface area (TPSA) is 54.4 Å². The lowest BCUT2D eigenvalue weighted by atomic mass is 9.80. The third kappa shape index (κ3) is 2.29. The zero-order valence-corrected chi connectivity index (χ0v) is 11.1. The Hall–Kier alpha value is -1.29. The van der Waals surface area contributed by atoms with Crippen LogP contribution in [0.5, 0.6) is 0 Å². The van der Waals surface area contributed by atoms with Crippen LogP contribution in [0, 0.1) is 11.3 Å². The maximum atomic E-state index is 11.8. The van der Waals surface area contributed by atoms with E-state index in [1.54, 1.807) is 18.7 Å². The van der Waals surface area contributed by atoms with E-state index in [9.17, 15) is 14.7 Å². The molecule has 1 aliphatic carbocycles. The second-order valence-electron chi connectivity index (χ2n) is 4.79. The van der Waals surface area contributed by atoms with Crippen molar-refractivity contribution in [2.75, 3.05) is 5.75 Å². The third-order valence-corrected chi connectivity index (χ3v) is 4.93. The van der Waals surface area contributed by atoms with Gasteiger partial charge in [-0.3, -0.25) is 9.59 Å². The van der Waals surface area contributed by atoms with Crippen molar-refractivity contribution in [1.82, 2.24) is 0 Å². The molecule has 1 aromatic carbocycles. The number of carboxylic acids is 1. The summed E-state index contributed by atoms with van der Waals surface area (Å²) in [6.45, 7) is 1.57. The van der Waals surface area contributed by atoms with Crippen molar-refractivity contribution >= 4 is 23.5 Å². The number of rotatable bonds is 4. The Morgan fingerprint density at radius 3 is 2.72 bits per heavy atom. The second kappa shape index (κ2) is 5.14. The molecule has 1 aromatic rings. The maximum absolute atomic E-state index is 11.8. The highest BCUT2D eigenvalue weighted by atomic mass is 32.2. The molecule has 4 heteroatoms. The second-order valence-corrected chi connectivity index (χ2v) is 5.88. The lowest BCUT2D eigenvalue weighted by Crippen LogP contribution is -2.38. The average Bonchev–Trinajstić information content (AvgIpc) is 2.66. The van der Waals surface area contributed by atoms with Crippen LogP contribution in [0.2, 0.25) is 0 Å². The summed E-state index contributed by atoms with van der Waals surface area (Å²) in [5, 5.41) is 9.28. The van der Waals surface area contributed by atoms with Crippen molar-refractivity contribution in [2.24, 2.45) is 11.3 Å². The van der Waals surface area contributed by atoms with Gasteiger partial charge >= 0.3 is 5.97 Å². The molecule has 2 atom stereocenters. The van der Waals surface area contributed by atoms with Crippen molar-refractivity contribution in [3.05, 3.63) is 30.3 Å². The number of ketones is 1.